The van der Waals surface area contributed by atoms with Crippen molar-refractivity contribution in [1.29, 1.82) is 0 Å². The zero-order chi connectivity index (χ0) is 13.2. The average molecular weight is 277 g/mol. The van der Waals surface area contributed by atoms with Gasteiger partial charge in [0.05, 0.1) is 12.1 Å². The van der Waals surface area contributed by atoms with E-state index in [1.54, 1.807) is 11.3 Å². The summed E-state index contributed by atoms with van der Waals surface area (Å²) in [6.45, 7) is 2.23. The smallest absolute Gasteiger partial charge is 0.226 e. The molecule has 1 aliphatic rings. The molecule has 3 rings (SSSR count). The second kappa shape index (κ2) is 5.33. The Morgan fingerprint density at radius 3 is 3.16 bits per heavy atom. The Morgan fingerprint density at radius 1 is 1.53 bits per heavy atom. The van der Waals surface area contributed by atoms with E-state index in [1.807, 2.05) is 22.2 Å². The first-order valence-corrected chi connectivity index (χ1v) is 7.81. The van der Waals surface area contributed by atoms with Gasteiger partial charge >= 0.3 is 0 Å². The summed E-state index contributed by atoms with van der Waals surface area (Å²) >= 11 is 1.59. The minimum absolute atomic E-state index is 0.101. The molecule has 19 heavy (non-hydrogen) atoms. The summed E-state index contributed by atoms with van der Waals surface area (Å²) in [6.07, 6.45) is 9.17. The lowest BCUT2D eigenvalue weighted by Crippen LogP contribution is -2.41. The summed E-state index contributed by atoms with van der Waals surface area (Å²) in [5, 5.41) is 5.16. The van der Waals surface area contributed by atoms with Crippen molar-refractivity contribution in [3.8, 4) is 0 Å². The molecule has 1 fully saturated rings. The number of hydrogen-bond donors (Lipinski definition) is 1. The first kappa shape index (κ1) is 12.7. The molecule has 1 N–H and O–H groups in total. The molecular formula is C14H19N3OS. The van der Waals surface area contributed by atoms with Crippen LogP contribution >= 0.6 is 11.3 Å². The lowest BCUT2D eigenvalue weighted by molar-refractivity contribution is -0.121. The first-order valence-electron chi connectivity index (χ1n) is 6.93. The molecular weight excluding hydrogens is 258 g/mol. The van der Waals surface area contributed by atoms with Crippen molar-refractivity contribution in [2.45, 2.75) is 45.1 Å². The van der Waals surface area contributed by atoms with Crippen LogP contribution in [0.25, 0.3) is 4.96 Å². The highest BCUT2D eigenvalue weighted by molar-refractivity contribution is 7.15. The number of nitrogens with zero attached hydrogens (tertiary/aromatic N) is 2. The second-order valence-corrected chi connectivity index (χ2v) is 6.31. The third-order valence-corrected chi connectivity index (χ3v) is 4.71. The Bertz CT molecular complexity index is 546. The summed E-state index contributed by atoms with van der Waals surface area (Å²) in [5.41, 5.74) is 0.854. The predicted molar refractivity (Wildman–Crippen MR) is 76.3 cm³/mol. The molecule has 102 valence electrons. The Morgan fingerprint density at radius 2 is 2.37 bits per heavy atom. The standard InChI is InChI=1S/C14H19N3OS/c1-10-4-2-3-5-12(10)16-13(18)8-11-9-17-6-7-19-14(17)15-11/h6-7,9-10,12H,2-5,8H2,1H3,(H,16,18). The Kier molecular flexibility index (Phi) is 3.55. The number of imidazole rings is 1. The van der Waals surface area contributed by atoms with E-state index in [0.29, 0.717) is 18.4 Å². The van der Waals surface area contributed by atoms with E-state index < -0.39 is 0 Å². The van der Waals surface area contributed by atoms with Crippen molar-refractivity contribution < 1.29 is 4.79 Å². The van der Waals surface area contributed by atoms with Crippen molar-refractivity contribution in [3.63, 3.8) is 0 Å². The largest absolute Gasteiger partial charge is 0.353 e. The van der Waals surface area contributed by atoms with E-state index in [4.69, 9.17) is 0 Å². The second-order valence-electron chi connectivity index (χ2n) is 5.44. The number of carbonyl (C=O) groups excluding carboxylic acids is 1. The van der Waals surface area contributed by atoms with Crippen LogP contribution in [0, 0.1) is 5.92 Å². The van der Waals surface area contributed by atoms with Crippen LogP contribution in [0.4, 0.5) is 0 Å². The summed E-state index contributed by atoms with van der Waals surface area (Å²) in [6, 6.07) is 0.352. The molecule has 4 nitrogen and oxygen atoms in total. The molecule has 2 aromatic heterocycles. The average Bonchev–Trinajstić information content (AvgIpc) is 2.92. The Labute approximate surface area is 116 Å². The molecule has 5 heteroatoms. The molecule has 1 saturated carbocycles. The van der Waals surface area contributed by atoms with Crippen molar-refractivity contribution in [2.24, 2.45) is 5.92 Å². The fourth-order valence-electron chi connectivity index (χ4n) is 2.81. The molecule has 2 atom stereocenters. The van der Waals surface area contributed by atoms with Gasteiger partial charge in [-0.25, -0.2) is 4.98 Å². The van der Waals surface area contributed by atoms with Gasteiger partial charge in [0.2, 0.25) is 5.91 Å². The number of hydrogen-bond acceptors (Lipinski definition) is 3. The molecule has 0 bridgehead atoms. The zero-order valence-electron chi connectivity index (χ0n) is 11.1. The Balaban J connectivity index is 1.60. The summed E-state index contributed by atoms with van der Waals surface area (Å²) in [7, 11) is 0. The highest BCUT2D eigenvalue weighted by Gasteiger charge is 2.23. The number of rotatable bonds is 3. The lowest BCUT2D eigenvalue weighted by atomic mass is 9.86. The predicted octanol–water partition coefficient (Wildman–Crippen LogP) is 2.63. The van der Waals surface area contributed by atoms with Gasteiger partial charge < -0.3 is 5.32 Å². The first-order chi connectivity index (χ1) is 9.22. The molecule has 2 heterocycles. The molecule has 0 saturated heterocycles. The molecule has 2 unspecified atom stereocenters. The zero-order valence-corrected chi connectivity index (χ0v) is 11.9. The minimum Gasteiger partial charge on any atom is -0.353 e. The maximum absolute atomic E-state index is 12.1. The van der Waals surface area contributed by atoms with Crippen LogP contribution in [0.1, 0.15) is 38.3 Å². The van der Waals surface area contributed by atoms with E-state index in [1.165, 1.54) is 19.3 Å². The van der Waals surface area contributed by atoms with Crippen LogP contribution in [0.2, 0.25) is 0 Å². The van der Waals surface area contributed by atoms with Gasteiger partial charge in [-0.2, -0.15) is 0 Å². The van der Waals surface area contributed by atoms with Gasteiger partial charge in [0.1, 0.15) is 0 Å². The number of fused-ring (bicyclic) bond motifs is 1. The van der Waals surface area contributed by atoms with Crippen molar-refractivity contribution in [1.82, 2.24) is 14.7 Å². The van der Waals surface area contributed by atoms with E-state index >= 15 is 0 Å². The van der Waals surface area contributed by atoms with Gasteiger partial charge in [-0.3, -0.25) is 9.20 Å². The van der Waals surface area contributed by atoms with E-state index in [-0.39, 0.29) is 5.91 Å². The monoisotopic (exact) mass is 277 g/mol. The maximum Gasteiger partial charge on any atom is 0.226 e. The molecule has 0 aliphatic heterocycles. The van der Waals surface area contributed by atoms with E-state index in [9.17, 15) is 4.79 Å². The molecule has 0 radical (unpaired) electrons. The number of nitrogens with one attached hydrogen (secondary N) is 1. The van der Waals surface area contributed by atoms with Gasteiger partial charge in [-0.1, -0.05) is 19.8 Å². The number of aromatic nitrogens is 2. The minimum atomic E-state index is 0.101. The highest BCUT2D eigenvalue weighted by atomic mass is 32.1. The fourth-order valence-corrected chi connectivity index (χ4v) is 3.53. The topological polar surface area (TPSA) is 46.4 Å². The van der Waals surface area contributed by atoms with Crippen LogP contribution in [0.5, 0.6) is 0 Å². The molecule has 1 amide bonds. The summed E-state index contributed by atoms with van der Waals surface area (Å²) in [4.78, 5) is 17.5. The van der Waals surface area contributed by atoms with Crippen molar-refractivity contribution >= 4 is 22.2 Å². The molecule has 2 aromatic rings. The van der Waals surface area contributed by atoms with Gasteiger partial charge in [0, 0.05) is 23.8 Å². The van der Waals surface area contributed by atoms with Crippen LogP contribution in [-0.2, 0) is 11.2 Å². The van der Waals surface area contributed by atoms with Crippen LogP contribution in [-0.4, -0.2) is 21.3 Å². The lowest BCUT2D eigenvalue weighted by Gasteiger charge is -2.29. The van der Waals surface area contributed by atoms with Gasteiger partial charge in [-0.15, -0.1) is 11.3 Å². The van der Waals surface area contributed by atoms with Crippen LogP contribution < -0.4 is 5.32 Å². The van der Waals surface area contributed by atoms with E-state index in [2.05, 4.69) is 17.2 Å². The molecule has 1 aliphatic carbocycles. The van der Waals surface area contributed by atoms with Gasteiger partial charge in [0.25, 0.3) is 0 Å². The van der Waals surface area contributed by atoms with E-state index in [0.717, 1.165) is 17.1 Å². The summed E-state index contributed by atoms with van der Waals surface area (Å²) < 4.78 is 1.97. The quantitative estimate of drug-likeness (QED) is 0.937. The number of amides is 1. The number of thiazole rings is 1. The molecule has 0 spiro atoms. The third kappa shape index (κ3) is 2.81. The van der Waals surface area contributed by atoms with Gasteiger partial charge in [0.15, 0.2) is 4.96 Å². The maximum atomic E-state index is 12.1. The molecule has 0 aromatic carbocycles. The summed E-state index contributed by atoms with van der Waals surface area (Å²) in [5.74, 6) is 0.702. The third-order valence-electron chi connectivity index (χ3n) is 3.94. The van der Waals surface area contributed by atoms with Gasteiger partial charge in [-0.05, 0) is 18.8 Å². The Hall–Kier alpha value is -1.36. The SMILES string of the molecule is CC1CCCCC1NC(=O)Cc1cn2ccsc2n1. The highest BCUT2D eigenvalue weighted by Crippen LogP contribution is 2.23. The number of carbonyl (C=O) groups is 1. The van der Waals surface area contributed by atoms with Crippen LogP contribution in [0.15, 0.2) is 17.8 Å². The van der Waals surface area contributed by atoms with Crippen molar-refractivity contribution in [2.75, 3.05) is 0 Å². The normalized spacial score (nSPS) is 23.6. The van der Waals surface area contributed by atoms with Crippen molar-refractivity contribution in [3.05, 3.63) is 23.5 Å². The van der Waals surface area contributed by atoms with Crippen LogP contribution in [0.3, 0.4) is 0 Å². The fraction of sp³-hybridized carbons (Fsp3) is 0.571.